The van der Waals surface area contributed by atoms with E-state index in [0.717, 1.165) is 9.48 Å². The summed E-state index contributed by atoms with van der Waals surface area (Å²) in [7, 11) is 0. The minimum absolute atomic E-state index is 0.226. The quantitative estimate of drug-likeness (QED) is 0.820. The maximum Gasteiger partial charge on any atom is 0.314 e. The Morgan fingerprint density at radius 2 is 1.92 bits per heavy atom. The molecule has 2 aromatic rings. The zero-order valence-corrected chi connectivity index (χ0v) is 14.2. The number of hydrogen-bond donors (Lipinski definition) is 1. The Hall–Kier alpha value is -2.67. The molecule has 120 valence electrons. The van der Waals surface area contributed by atoms with Gasteiger partial charge in [-0.1, -0.05) is 34.1 Å². The van der Waals surface area contributed by atoms with Gasteiger partial charge in [-0.15, -0.1) is 5.10 Å². The summed E-state index contributed by atoms with van der Waals surface area (Å²) in [4.78, 5) is 24.8. The summed E-state index contributed by atoms with van der Waals surface area (Å²) < 4.78 is 6.89. The second-order valence-electron chi connectivity index (χ2n) is 5.49. The Labute approximate surface area is 146 Å². The van der Waals surface area contributed by atoms with E-state index in [0.29, 0.717) is 16.8 Å². The highest BCUT2D eigenvalue weighted by molar-refractivity contribution is 9.10. The monoisotopic (exact) mass is 385 g/mol. The summed E-state index contributed by atoms with van der Waals surface area (Å²) in [6.45, 7) is 1.35. The zero-order valence-electron chi connectivity index (χ0n) is 12.6. The summed E-state index contributed by atoms with van der Waals surface area (Å²) in [5.74, 6) is -0.590. The second-order valence-corrected chi connectivity index (χ2v) is 6.40. The van der Waals surface area contributed by atoms with Gasteiger partial charge >= 0.3 is 5.72 Å². The van der Waals surface area contributed by atoms with Crippen LogP contribution in [0.4, 0.5) is 5.69 Å². The van der Waals surface area contributed by atoms with E-state index in [9.17, 15) is 9.59 Å². The molecule has 2 aliphatic rings. The van der Waals surface area contributed by atoms with Crippen molar-refractivity contribution in [2.45, 2.75) is 12.6 Å². The van der Waals surface area contributed by atoms with E-state index in [1.807, 2.05) is 18.2 Å². The number of carbonyl (C=O) groups is 2. The third-order valence-corrected chi connectivity index (χ3v) is 4.50. The van der Waals surface area contributed by atoms with Gasteiger partial charge < -0.3 is 10.1 Å². The highest BCUT2D eigenvalue weighted by Crippen LogP contribution is 2.45. The molecule has 2 heterocycles. The summed E-state index contributed by atoms with van der Waals surface area (Å²) in [6, 6.07) is 14.4. The topological polar surface area (TPSA) is 71.0 Å². The highest BCUT2D eigenvalue weighted by atomic mass is 79.9. The van der Waals surface area contributed by atoms with Gasteiger partial charge in [-0.25, -0.2) is 0 Å². The van der Waals surface area contributed by atoms with Gasteiger partial charge in [0, 0.05) is 17.0 Å². The van der Waals surface area contributed by atoms with Gasteiger partial charge in [0.15, 0.2) is 0 Å². The van der Waals surface area contributed by atoms with Gasteiger partial charge in [-0.2, -0.15) is 5.01 Å². The number of nitrogens with one attached hydrogen (secondary N) is 1. The van der Waals surface area contributed by atoms with Gasteiger partial charge in [0.05, 0.1) is 11.3 Å². The second kappa shape index (κ2) is 5.17. The molecule has 4 rings (SSSR count). The van der Waals surface area contributed by atoms with E-state index in [-0.39, 0.29) is 11.8 Å². The Kier molecular flexibility index (Phi) is 3.21. The van der Waals surface area contributed by atoms with Crippen LogP contribution in [0.2, 0.25) is 0 Å². The molecule has 0 bridgehead atoms. The Balaban J connectivity index is 1.85. The van der Waals surface area contributed by atoms with Crippen molar-refractivity contribution in [2.24, 2.45) is 5.10 Å². The molecule has 1 spiro atoms. The summed E-state index contributed by atoms with van der Waals surface area (Å²) in [5.41, 5.74) is 0.269. The molecular weight excluding hydrogens is 374 g/mol. The Morgan fingerprint density at radius 3 is 2.62 bits per heavy atom. The zero-order chi connectivity index (χ0) is 16.9. The number of rotatable bonds is 1. The third kappa shape index (κ3) is 1.98. The number of hydrogen-bond acceptors (Lipinski definition) is 4. The largest absolute Gasteiger partial charge is 0.433 e. The molecule has 24 heavy (non-hydrogen) atoms. The van der Waals surface area contributed by atoms with Crippen molar-refractivity contribution < 1.29 is 14.3 Å². The first-order valence-corrected chi connectivity index (χ1v) is 8.07. The molecule has 1 atom stereocenters. The average molecular weight is 386 g/mol. The van der Waals surface area contributed by atoms with Crippen LogP contribution in [0, 0.1) is 0 Å². The first kappa shape index (κ1) is 14.9. The van der Waals surface area contributed by atoms with Gasteiger partial charge in [-0.3, -0.25) is 9.59 Å². The van der Waals surface area contributed by atoms with Gasteiger partial charge in [0.1, 0.15) is 0 Å². The smallest absolute Gasteiger partial charge is 0.314 e. The Bertz CT molecular complexity index is 894. The van der Waals surface area contributed by atoms with Crippen LogP contribution >= 0.6 is 15.9 Å². The fourth-order valence-corrected chi connectivity index (χ4v) is 3.16. The lowest BCUT2D eigenvalue weighted by atomic mass is 10.0. The summed E-state index contributed by atoms with van der Waals surface area (Å²) in [5, 5.41) is 8.13. The molecule has 2 aliphatic heterocycles. The van der Waals surface area contributed by atoms with Crippen molar-refractivity contribution in [1.82, 2.24) is 5.01 Å². The highest BCUT2D eigenvalue weighted by Gasteiger charge is 2.59. The first-order chi connectivity index (χ1) is 11.5. The summed E-state index contributed by atoms with van der Waals surface area (Å²) in [6.07, 6.45) is 0. The lowest BCUT2D eigenvalue weighted by Crippen LogP contribution is -2.49. The molecule has 6 nitrogen and oxygen atoms in total. The number of carbonyl (C=O) groups excluding carboxylic acids is 2. The van der Waals surface area contributed by atoms with Crippen LogP contribution in [-0.2, 0) is 20.1 Å². The number of benzene rings is 2. The SMILES string of the molecule is CC(=O)N1N=C(c2ccc(Br)cc2)O[C@]12C(=O)Nc1ccccc12. The first-order valence-electron chi connectivity index (χ1n) is 7.28. The van der Waals surface area contributed by atoms with E-state index >= 15 is 0 Å². The molecular formula is C17H12BrN3O3. The predicted molar refractivity (Wildman–Crippen MR) is 91.0 cm³/mol. The summed E-state index contributed by atoms with van der Waals surface area (Å²) >= 11 is 3.37. The fraction of sp³-hybridized carbons (Fsp3) is 0.118. The predicted octanol–water partition coefficient (Wildman–Crippen LogP) is 2.79. The van der Waals surface area contributed by atoms with Crippen molar-refractivity contribution >= 4 is 39.3 Å². The number of fused-ring (bicyclic) bond motifs is 2. The van der Waals surface area contributed by atoms with E-state index in [1.54, 1.807) is 30.3 Å². The lowest BCUT2D eigenvalue weighted by molar-refractivity contribution is -0.160. The van der Waals surface area contributed by atoms with Crippen LogP contribution in [0.15, 0.2) is 58.1 Å². The van der Waals surface area contributed by atoms with E-state index in [4.69, 9.17) is 4.74 Å². The molecule has 0 radical (unpaired) electrons. The lowest BCUT2D eigenvalue weighted by Gasteiger charge is -2.28. The molecule has 0 saturated heterocycles. The van der Waals surface area contributed by atoms with Crippen LogP contribution < -0.4 is 5.32 Å². The van der Waals surface area contributed by atoms with Crippen LogP contribution in [0.3, 0.4) is 0 Å². The van der Waals surface area contributed by atoms with Gasteiger partial charge in [-0.05, 0) is 30.3 Å². The normalized spacial score (nSPS) is 21.3. The number of para-hydroxylation sites is 1. The molecule has 0 aliphatic carbocycles. The van der Waals surface area contributed by atoms with Crippen molar-refractivity contribution in [3.05, 3.63) is 64.1 Å². The van der Waals surface area contributed by atoms with Crippen molar-refractivity contribution in [1.29, 1.82) is 0 Å². The third-order valence-electron chi connectivity index (χ3n) is 3.97. The molecule has 0 saturated carbocycles. The molecule has 2 aromatic carbocycles. The minimum atomic E-state index is -1.59. The van der Waals surface area contributed by atoms with Crippen LogP contribution in [0.5, 0.6) is 0 Å². The fourth-order valence-electron chi connectivity index (χ4n) is 2.89. The van der Waals surface area contributed by atoms with Crippen LogP contribution in [0.1, 0.15) is 18.1 Å². The van der Waals surface area contributed by atoms with Crippen LogP contribution in [-0.4, -0.2) is 22.7 Å². The van der Waals surface area contributed by atoms with Crippen molar-refractivity contribution in [3.8, 4) is 0 Å². The minimum Gasteiger partial charge on any atom is -0.433 e. The molecule has 1 N–H and O–H groups in total. The molecule has 7 heteroatoms. The number of amides is 2. The molecule has 2 amide bonds. The average Bonchev–Trinajstić information content (AvgIpc) is 3.09. The molecule has 0 fully saturated rings. The number of hydrazone groups is 1. The van der Waals surface area contributed by atoms with Crippen molar-refractivity contribution in [2.75, 3.05) is 5.32 Å². The van der Waals surface area contributed by atoms with E-state index < -0.39 is 11.6 Å². The number of halogens is 1. The van der Waals surface area contributed by atoms with Crippen LogP contribution in [0.25, 0.3) is 0 Å². The maximum atomic E-state index is 12.7. The Morgan fingerprint density at radius 1 is 1.21 bits per heavy atom. The van der Waals surface area contributed by atoms with Gasteiger partial charge in [0.2, 0.25) is 11.8 Å². The van der Waals surface area contributed by atoms with E-state index in [2.05, 4.69) is 26.3 Å². The standard InChI is InChI=1S/C17H12BrN3O3/c1-10(22)21-17(13-4-2-3-5-14(13)19-16(17)23)24-15(20-21)11-6-8-12(18)9-7-11/h2-9H,1H3,(H,19,23)/t17-/m1/s1. The molecule has 0 unspecified atom stereocenters. The number of ether oxygens (including phenoxy) is 1. The number of anilines is 1. The molecule has 0 aromatic heterocycles. The van der Waals surface area contributed by atoms with E-state index in [1.165, 1.54) is 6.92 Å². The van der Waals surface area contributed by atoms with Crippen molar-refractivity contribution in [3.63, 3.8) is 0 Å². The van der Waals surface area contributed by atoms with Gasteiger partial charge in [0.25, 0.3) is 5.91 Å². The maximum absolute atomic E-state index is 12.7. The number of nitrogens with zero attached hydrogens (tertiary/aromatic N) is 2.